The van der Waals surface area contributed by atoms with E-state index in [0.29, 0.717) is 0 Å². The van der Waals surface area contributed by atoms with Crippen LogP contribution in [0.3, 0.4) is 0 Å². The number of methoxy groups -OCH3 is 1. The smallest absolute Gasteiger partial charge is 0.0477 e. The Balaban J connectivity index is 2.26. The molecule has 1 saturated heterocycles. The summed E-state index contributed by atoms with van der Waals surface area (Å²) in [5, 5.41) is 0. The fourth-order valence-corrected chi connectivity index (χ4v) is 2.20. The van der Waals surface area contributed by atoms with E-state index in [2.05, 4.69) is 11.8 Å². The molecular formula is C11H23NO. The molecule has 1 aliphatic heterocycles. The van der Waals surface area contributed by atoms with Crippen molar-refractivity contribution >= 4 is 0 Å². The van der Waals surface area contributed by atoms with Crippen LogP contribution in [-0.2, 0) is 4.74 Å². The van der Waals surface area contributed by atoms with Crippen LogP contribution in [0.4, 0.5) is 0 Å². The van der Waals surface area contributed by atoms with E-state index in [-0.39, 0.29) is 0 Å². The first-order valence-electron chi connectivity index (χ1n) is 5.61. The molecule has 0 amide bonds. The average Bonchev–Trinajstić information content (AvgIpc) is 2.65. The van der Waals surface area contributed by atoms with Crippen molar-refractivity contribution < 1.29 is 4.74 Å². The van der Waals surface area contributed by atoms with Gasteiger partial charge >= 0.3 is 0 Å². The van der Waals surface area contributed by atoms with E-state index in [1.165, 1.54) is 45.2 Å². The second kappa shape index (κ2) is 6.39. The van der Waals surface area contributed by atoms with Gasteiger partial charge in [-0.3, -0.25) is 0 Å². The maximum absolute atomic E-state index is 5.15. The Kier molecular flexibility index (Phi) is 5.40. The number of hydrogen-bond acceptors (Lipinski definition) is 2. The highest BCUT2D eigenvalue weighted by molar-refractivity contribution is 4.75. The van der Waals surface area contributed by atoms with Gasteiger partial charge in [-0.2, -0.15) is 0 Å². The SMILES string of the molecule is CCCC(CCOC)N1CCCC1. The summed E-state index contributed by atoms with van der Waals surface area (Å²) in [5.74, 6) is 0. The molecule has 0 saturated carbocycles. The fourth-order valence-electron chi connectivity index (χ4n) is 2.20. The van der Waals surface area contributed by atoms with Crippen LogP contribution >= 0.6 is 0 Å². The van der Waals surface area contributed by atoms with E-state index in [1.807, 2.05) is 0 Å². The number of hydrogen-bond donors (Lipinski definition) is 0. The van der Waals surface area contributed by atoms with Crippen molar-refractivity contribution in [1.29, 1.82) is 0 Å². The fraction of sp³-hybridized carbons (Fsp3) is 1.00. The van der Waals surface area contributed by atoms with E-state index in [4.69, 9.17) is 4.74 Å². The van der Waals surface area contributed by atoms with Crippen molar-refractivity contribution in [3.8, 4) is 0 Å². The van der Waals surface area contributed by atoms with Gasteiger partial charge < -0.3 is 9.64 Å². The zero-order valence-electron chi connectivity index (χ0n) is 9.09. The highest BCUT2D eigenvalue weighted by atomic mass is 16.5. The molecule has 1 atom stereocenters. The van der Waals surface area contributed by atoms with E-state index in [1.54, 1.807) is 7.11 Å². The minimum absolute atomic E-state index is 0.785. The number of ether oxygens (including phenoxy) is 1. The normalized spacial score (nSPS) is 20.8. The van der Waals surface area contributed by atoms with Crippen LogP contribution in [0.5, 0.6) is 0 Å². The minimum atomic E-state index is 0.785. The maximum atomic E-state index is 5.15. The lowest BCUT2D eigenvalue weighted by Crippen LogP contribution is -2.33. The van der Waals surface area contributed by atoms with E-state index in [0.717, 1.165) is 12.6 Å². The van der Waals surface area contributed by atoms with Gasteiger partial charge in [0.1, 0.15) is 0 Å². The van der Waals surface area contributed by atoms with Crippen molar-refractivity contribution in [3.63, 3.8) is 0 Å². The van der Waals surface area contributed by atoms with Gasteiger partial charge in [0.2, 0.25) is 0 Å². The predicted molar refractivity (Wildman–Crippen MR) is 56.0 cm³/mol. The highest BCUT2D eigenvalue weighted by Crippen LogP contribution is 2.17. The van der Waals surface area contributed by atoms with Crippen molar-refractivity contribution in [2.45, 2.75) is 45.1 Å². The summed E-state index contributed by atoms with van der Waals surface area (Å²) >= 11 is 0. The molecule has 1 heterocycles. The average molecular weight is 185 g/mol. The van der Waals surface area contributed by atoms with E-state index >= 15 is 0 Å². The Morgan fingerprint density at radius 3 is 2.46 bits per heavy atom. The first-order chi connectivity index (χ1) is 6.38. The number of rotatable bonds is 6. The monoisotopic (exact) mass is 185 g/mol. The molecule has 0 aliphatic carbocycles. The quantitative estimate of drug-likeness (QED) is 0.629. The van der Waals surface area contributed by atoms with Gasteiger partial charge in [-0.25, -0.2) is 0 Å². The molecule has 2 heteroatoms. The van der Waals surface area contributed by atoms with E-state index in [9.17, 15) is 0 Å². The Morgan fingerprint density at radius 2 is 1.92 bits per heavy atom. The summed E-state index contributed by atoms with van der Waals surface area (Å²) in [6.07, 6.45) is 6.64. The van der Waals surface area contributed by atoms with Crippen LogP contribution in [0.15, 0.2) is 0 Å². The van der Waals surface area contributed by atoms with Crippen molar-refractivity contribution in [3.05, 3.63) is 0 Å². The molecule has 1 rings (SSSR count). The molecule has 0 bridgehead atoms. The molecule has 0 aromatic heterocycles. The molecule has 78 valence electrons. The third-order valence-corrected chi connectivity index (χ3v) is 2.93. The highest BCUT2D eigenvalue weighted by Gasteiger charge is 2.20. The molecular weight excluding hydrogens is 162 g/mol. The third kappa shape index (κ3) is 3.65. The topological polar surface area (TPSA) is 12.5 Å². The first kappa shape index (κ1) is 11.0. The summed E-state index contributed by atoms with van der Waals surface area (Å²) in [6, 6.07) is 0.785. The molecule has 1 aliphatic rings. The van der Waals surface area contributed by atoms with Gasteiger partial charge in [0.25, 0.3) is 0 Å². The van der Waals surface area contributed by atoms with Gasteiger partial charge in [0.15, 0.2) is 0 Å². The summed E-state index contributed by atoms with van der Waals surface area (Å²) in [4.78, 5) is 2.64. The summed E-state index contributed by atoms with van der Waals surface area (Å²) in [5.41, 5.74) is 0. The van der Waals surface area contributed by atoms with Gasteiger partial charge in [-0.15, -0.1) is 0 Å². The molecule has 0 spiro atoms. The third-order valence-electron chi connectivity index (χ3n) is 2.93. The Bertz CT molecular complexity index is 121. The Labute approximate surface area is 82.3 Å². The minimum Gasteiger partial charge on any atom is -0.385 e. The van der Waals surface area contributed by atoms with Gasteiger partial charge in [0, 0.05) is 19.8 Å². The van der Waals surface area contributed by atoms with Crippen LogP contribution in [-0.4, -0.2) is 37.7 Å². The molecule has 0 aromatic rings. The predicted octanol–water partition coefficient (Wildman–Crippen LogP) is 2.29. The standard InChI is InChI=1S/C11H23NO/c1-3-6-11(7-10-13-2)12-8-4-5-9-12/h11H,3-10H2,1-2H3. The second-order valence-electron chi connectivity index (χ2n) is 3.97. The lowest BCUT2D eigenvalue weighted by molar-refractivity contribution is 0.140. The van der Waals surface area contributed by atoms with Crippen molar-refractivity contribution in [2.24, 2.45) is 0 Å². The van der Waals surface area contributed by atoms with E-state index < -0.39 is 0 Å². The Morgan fingerprint density at radius 1 is 1.23 bits per heavy atom. The van der Waals surface area contributed by atoms with Crippen LogP contribution < -0.4 is 0 Å². The zero-order chi connectivity index (χ0) is 9.52. The van der Waals surface area contributed by atoms with Crippen LogP contribution in [0.25, 0.3) is 0 Å². The van der Waals surface area contributed by atoms with Crippen LogP contribution in [0, 0.1) is 0 Å². The molecule has 2 nitrogen and oxygen atoms in total. The van der Waals surface area contributed by atoms with Gasteiger partial charge in [-0.05, 0) is 38.8 Å². The lowest BCUT2D eigenvalue weighted by atomic mass is 10.1. The van der Waals surface area contributed by atoms with Crippen LogP contribution in [0.1, 0.15) is 39.0 Å². The maximum Gasteiger partial charge on any atom is 0.0477 e. The molecule has 0 radical (unpaired) electrons. The number of likely N-dealkylation sites (tertiary alicyclic amines) is 1. The Hall–Kier alpha value is -0.0800. The molecule has 0 N–H and O–H groups in total. The van der Waals surface area contributed by atoms with Crippen molar-refractivity contribution in [1.82, 2.24) is 4.90 Å². The molecule has 0 aromatic carbocycles. The number of nitrogens with zero attached hydrogens (tertiary/aromatic N) is 1. The van der Waals surface area contributed by atoms with Gasteiger partial charge in [0.05, 0.1) is 0 Å². The largest absolute Gasteiger partial charge is 0.385 e. The van der Waals surface area contributed by atoms with Crippen LogP contribution in [0.2, 0.25) is 0 Å². The molecule has 13 heavy (non-hydrogen) atoms. The zero-order valence-corrected chi connectivity index (χ0v) is 9.09. The lowest BCUT2D eigenvalue weighted by Gasteiger charge is -2.26. The first-order valence-corrected chi connectivity index (χ1v) is 5.61. The van der Waals surface area contributed by atoms with Crippen molar-refractivity contribution in [2.75, 3.05) is 26.8 Å². The molecule has 1 fully saturated rings. The summed E-state index contributed by atoms with van der Waals surface area (Å²) in [6.45, 7) is 5.82. The second-order valence-corrected chi connectivity index (χ2v) is 3.97. The summed E-state index contributed by atoms with van der Waals surface area (Å²) in [7, 11) is 1.80. The summed E-state index contributed by atoms with van der Waals surface area (Å²) < 4.78 is 5.15. The van der Waals surface area contributed by atoms with Gasteiger partial charge in [-0.1, -0.05) is 13.3 Å². The molecule has 1 unspecified atom stereocenters.